The number of hydrogen-bond acceptors (Lipinski definition) is 3. The van der Waals surface area contributed by atoms with Crippen LogP contribution in [-0.2, 0) is 16.1 Å². The van der Waals surface area contributed by atoms with E-state index in [2.05, 4.69) is 5.32 Å². The predicted molar refractivity (Wildman–Crippen MR) is 99.4 cm³/mol. The lowest BCUT2D eigenvalue weighted by Gasteiger charge is -2.16. The van der Waals surface area contributed by atoms with Crippen LogP contribution in [0.2, 0.25) is 5.02 Å². The van der Waals surface area contributed by atoms with E-state index in [1.165, 1.54) is 0 Å². The molecule has 25 heavy (non-hydrogen) atoms. The van der Waals surface area contributed by atoms with E-state index in [0.29, 0.717) is 5.02 Å². The molecule has 2 amide bonds. The standard InChI is InChI=1S/C19H16Cl2N2O2/c1-11-3-4-12(2)15(9-11)22-17-16(21)18(24)23(19(17)25)10-13-5-7-14(20)8-6-13/h3-9,22H,10H2,1-2H3. The second-order valence-electron chi connectivity index (χ2n) is 5.96. The van der Waals surface area contributed by atoms with Gasteiger partial charge in [-0.1, -0.05) is 47.5 Å². The number of carbonyl (C=O) groups is 2. The van der Waals surface area contributed by atoms with Gasteiger partial charge in [-0.2, -0.15) is 0 Å². The van der Waals surface area contributed by atoms with Gasteiger partial charge < -0.3 is 5.32 Å². The molecule has 2 aromatic carbocycles. The Labute approximate surface area is 156 Å². The van der Waals surface area contributed by atoms with Gasteiger partial charge in [-0.05, 0) is 48.7 Å². The van der Waals surface area contributed by atoms with Crippen LogP contribution in [-0.4, -0.2) is 16.7 Å². The summed E-state index contributed by atoms with van der Waals surface area (Å²) in [6.45, 7) is 4.01. The molecule has 1 heterocycles. The highest BCUT2D eigenvalue weighted by Gasteiger charge is 2.37. The average Bonchev–Trinajstić information content (AvgIpc) is 2.78. The molecule has 0 bridgehead atoms. The van der Waals surface area contributed by atoms with E-state index in [1.54, 1.807) is 24.3 Å². The Balaban J connectivity index is 1.84. The van der Waals surface area contributed by atoms with Gasteiger partial charge in [0.25, 0.3) is 11.8 Å². The number of aryl methyl sites for hydroxylation is 2. The lowest BCUT2D eigenvalue weighted by atomic mass is 10.1. The van der Waals surface area contributed by atoms with Crippen molar-refractivity contribution >= 4 is 40.7 Å². The molecule has 3 rings (SSSR count). The minimum atomic E-state index is -0.505. The van der Waals surface area contributed by atoms with Crippen molar-refractivity contribution in [2.24, 2.45) is 0 Å². The van der Waals surface area contributed by atoms with Gasteiger partial charge in [-0.15, -0.1) is 0 Å². The number of rotatable bonds is 4. The van der Waals surface area contributed by atoms with Gasteiger partial charge in [0.2, 0.25) is 0 Å². The SMILES string of the molecule is Cc1ccc(C)c(NC2=C(Cl)C(=O)N(Cc3ccc(Cl)cc3)C2=O)c1. The number of imide groups is 1. The molecule has 2 aromatic rings. The summed E-state index contributed by atoms with van der Waals surface area (Å²) >= 11 is 12.0. The topological polar surface area (TPSA) is 49.4 Å². The first kappa shape index (κ1) is 17.5. The van der Waals surface area contributed by atoms with Crippen molar-refractivity contribution in [2.45, 2.75) is 20.4 Å². The summed E-state index contributed by atoms with van der Waals surface area (Å²) in [6, 6.07) is 12.8. The summed E-state index contributed by atoms with van der Waals surface area (Å²) in [5, 5.41) is 3.52. The number of halogens is 2. The lowest BCUT2D eigenvalue weighted by molar-refractivity contribution is -0.138. The van der Waals surface area contributed by atoms with Gasteiger partial charge in [0.05, 0.1) is 6.54 Å². The minimum Gasteiger partial charge on any atom is -0.349 e. The Morgan fingerprint density at radius 3 is 2.32 bits per heavy atom. The number of nitrogens with zero attached hydrogens (tertiary/aromatic N) is 1. The number of nitrogens with one attached hydrogen (secondary N) is 1. The molecule has 6 heteroatoms. The molecular weight excluding hydrogens is 359 g/mol. The molecule has 0 aromatic heterocycles. The molecule has 128 valence electrons. The van der Waals surface area contributed by atoms with Crippen LogP contribution in [0, 0.1) is 13.8 Å². The maximum absolute atomic E-state index is 12.7. The third kappa shape index (κ3) is 3.55. The van der Waals surface area contributed by atoms with E-state index in [-0.39, 0.29) is 17.3 Å². The molecule has 0 fully saturated rings. The van der Waals surface area contributed by atoms with Crippen molar-refractivity contribution in [3.05, 3.63) is 74.9 Å². The Morgan fingerprint density at radius 1 is 0.960 bits per heavy atom. The number of amides is 2. The number of benzene rings is 2. The summed E-state index contributed by atoms with van der Waals surface area (Å²) in [6.07, 6.45) is 0. The highest BCUT2D eigenvalue weighted by molar-refractivity contribution is 6.48. The van der Waals surface area contributed by atoms with Crippen LogP contribution < -0.4 is 5.32 Å². The maximum Gasteiger partial charge on any atom is 0.279 e. The van der Waals surface area contributed by atoms with Crippen molar-refractivity contribution in [1.29, 1.82) is 0 Å². The van der Waals surface area contributed by atoms with Gasteiger partial charge >= 0.3 is 0 Å². The zero-order valence-electron chi connectivity index (χ0n) is 13.8. The fraction of sp³-hybridized carbons (Fsp3) is 0.158. The normalized spacial score (nSPS) is 14.5. The van der Waals surface area contributed by atoms with Crippen molar-refractivity contribution in [3.63, 3.8) is 0 Å². The first-order valence-electron chi connectivity index (χ1n) is 7.71. The Morgan fingerprint density at radius 2 is 1.64 bits per heavy atom. The molecule has 0 saturated heterocycles. The molecular formula is C19H16Cl2N2O2. The second kappa shape index (κ2) is 6.90. The number of hydrogen-bond donors (Lipinski definition) is 1. The molecule has 0 unspecified atom stereocenters. The summed E-state index contributed by atoms with van der Waals surface area (Å²) in [5.41, 5.74) is 3.65. The van der Waals surface area contributed by atoms with Crippen LogP contribution in [0.25, 0.3) is 0 Å². The molecule has 1 N–H and O–H groups in total. The maximum atomic E-state index is 12.7. The smallest absolute Gasteiger partial charge is 0.279 e. The van der Waals surface area contributed by atoms with Crippen LogP contribution in [0.3, 0.4) is 0 Å². The summed E-state index contributed by atoms with van der Waals surface area (Å²) in [7, 11) is 0. The predicted octanol–water partition coefficient (Wildman–Crippen LogP) is 4.39. The molecule has 0 aliphatic carbocycles. The minimum absolute atomic E-state index is 0.0973. The lowest BCUT2D eigenvalue weighted by Crippen LogP contribution is -2.31. The van der Waals surface area contributed by atoms with E-state index >= 15 is 0 Å². The third-order valence-electron chi connectivity index (χ3n) is 4.02. The van der Waals surface area contributed by atoms with Crippen LogP contribution in [0.15, 0.2) is 53.2 Å². The van der Waals surface area contributed by atoms with Gasteiger partial charge in [-0.25, -0.2) is 0 Å². The van der Waals surface area contributed by atoms with E-state index in [4.69, 9.17) is 23.2 Å². The van der Waals surface area contributed by atoms with Crippen LogP contribution in [0.1, 0.15) is 16.7 Å². The van der Waals surface area contributed by atoms with Crippen LogP contribution in [0.5, 0.6) is 0 Å². The van der Waals surface area contributed by atoms with Crippen LogP contribution >= 0.6 is 23.2 Å². The highest BCUT2D eigenvalue weighted by Crippen LogP contribution is 2.28. The Hall–Kier alpha value is -2.30. The molecule has 1 aliphatic heterocycles. The summed E-state index contributed by atoms with van der Waals surface area (Å²) in [4.78, 5) is 26.2. The quantitative estimate of drug-likeness (QED) is 0.807. The zero-order valence-corrected chi connectivity index (χ0v) is 15.3. The van der Waals surface area contributed by atoms with Crippen molar-refractivity contribution < 1.29 is 9.59 Å². The molecule has 0 saturated carbocycles. The fourth-order valence-electron chi connectivity index (χ4n) is 2.58. The van der Waals surface area contributed by atoms with Gasteiger partial charge in [0.15, 0.2) is 0 Å². The number of anilines is 1. The Kier molecular flexibility index (Phi) is 4.84. The van der Waals surface area contributed by atoms with Crippen molar-refractivity contribution in [3.8, 4) is 0 Å². The molecule has 0 radical (unpaired) electrons. The van der Waals surface area contributed by atoms with Gasteiger partial charge in [0, 0.05) is 10.7 Å². The number of carbonyl (C=O) groups excluding carboxylic acids is 2. The monoisotopic (exact) mass is 374 g/mol. The molecule has 1 aliphatic rings. The van der Waals surface area contributed by atoms with Gasteiger partial charge in [0.1, 0.15) is 10.7 Å². The van der Waals surface area contributed by atoms with E-state index in [9.17, 15) is 9.59 Å². The molecule has 0 atom stereocenters. The van der Waals surface area contributed by atoms with E-state index in [1.807, 2.05) is 32.0 Å². The summed E-state index contributed by atoms with van der Waals surface area (Å²) in [5.74, 6) is -0.944. The first-order chi connectivity index (χ1) is 11.9. The van der Waals surface area contributed by atoms with Crippen molar-refractivity contribution in [2.75, 3.05) is 5.32 Å². The molecule has 4 nitrogen and oxygen atoms in total. The van der Waals surface area contributed by atoms with E-state index < -0.39 is 11.8 Å². The fourth-order valence-corrected chi connectivity index (χ4v) is 2.93. The largest absolute Gasteiger partial charge is 0.349 e. The highest BCUT2D eigenvalue weighted by atomic mass is 35.5. The summed E-state index contributed by atoms with van der Waals surface area (Å²) < 4.78 is 0. The third-order valence-corrected chi connectivity index (χ3v) is 4.62. The average molecular weight is 375 g/mol. The van der Waals surface area contributed by atoms with Crippen molar-refractivity contribution in [1.82, 2.24) is 4.90 Å². The first-order valence-corrected chi connectivity index (χ1v) is 8.47. The van der Waals surface area contributed by atoms with Crippen LogP contribution in [0.4, 0.5) is 5.69 Å². The van der Waals surface area contributed by atoms with Gasteiger partial charge in [-0.3, -0.25) is 14.5 Å². The second-order valence-corrected chi connectivity index (χ2v) is 6.77. The molecule has 0 spiro atoms. The van der Waals surface area contributed by atoms with E-state index in [0.717, 1.165) is 27.3 Å². The zero-order chi connectivity index (χ0) is 18.1. The Bertz CT molecular complexity index is 889.